The highest BCUT2D eigenvalue weighted by Crippen LogP contribution is 2.39. The molecule has 2 heterocycles. The molecule has 1 fully saturated rings. The Hall–Kier alpha value is -1.99. The van der Waals surface area contributed by atoms with Crippen molar-refractivity contribution in [3.63, 3.8) is 0 Å². The maximum Gasteiger partial charge on any atom is 0.283 e. The van der Waals surface area contributed by atoms with E-state index in [1.807, 2.05) is 17.0 Å². The van der Waals surface area contributed by atoms with Crippen LogP contribution in [-0.2, 0) is 14.3 Å². The van der Waals surface area contributed by atoms with Crippen molar-refractivity contribution in [2.45, 2.75) is 4.90 Å². The summed E-state index contributed by atoms with van der Waals surface area (Å²) in [4.78, 5) is 30.9. The van der Waals surface area contributed by atoms with Crippen LogP contribution in [0.2, 0.25) is 10.0 Å². The third-order valence-corrected chi connectivity index (χ3v) is 6.01. The number of amides is 2. The summed E-state index contributed by atoms with van der Waals surface area (Å²) in [5.74, 6) is -0.695. The number of imide groups is 1. The molecule has 0 bridgehead atoms. The van der Waals surface area contributed by atoms with Crippen LogP contribution in [0.4, 0.5) is 5.69 Å². The van der Waals surface area contributed by atoms with Crippen molar-refractivity contribution in [2.24, 2.45) is 0 Å². The summed E-state index contributed by atoms with van der Waals surface area (Å²) in [6.07, 6.45) is 0. The molecule has 8 heteroatoms. The van der Waals surface area contributed by atoms with E-state index in [1.54, 1.807) is 36.4 Å². The molecule has 144 valence electrons. The highest BCUT2D eigenvalue weighted by atomic mass is 35.5. The van der Waals surface area contributed by atoms with Gasteiger partial charge in [-0.05, 0) is 42.5 Å². The zero-order chi connectivity index (χ0) is 19.7. The Labute approximate surface area is 176 Å². The maximum absolute atomic E-state index is 13.3. The first-order valence-corrected chi connectivity index (χ1v) is 10.3. The number of halogens is 2. The molecule has 0 radical (unpaired) electrons. The summed E-state index contributed by atoms with van der Waals surface area (Å²) in [6.45, 7) is 2.15. The maximum atomic E-state index is 13.3. The molecule has 4 rings (SSSR count). The number of carbonyl (C=O) groups is 2. The molecule has 0 aromatic heterocycles. The van der Waals surface area contributed by atoms with E-state index < -0.39 is 0 Å². The molecule has 2 aliphatic rings. The van der Waals surface area contributed by atoms with Gasteiger partial charge in [-0.3, -0.25) is 9.59 Å². The van der Waals surface area contributed by atoms with Crippen LogP contribution >= 0.6 is 35.0 Å². The standard InChI is InChI=1S/C20H16Cl2N2O3S/c21-13-4-6-16(7-5-13)28-18-17(23-8-10-27-11-9-23)19(25)24(20(18)26)15-3-1-2-14(22)12-15/h1-7,12H,8-11H2. The fourth-order valence-electron chi connectivity index (χ4n) is 3.13. The van der Waals surface area contributed by atoms with Crippen molar-refractivity contribution >= 4 is 52.5 Å². The van der Waals surface area contributed by atoms with Gasteiger partial charge in [0.15, 0.2) is 0 Å². The summed E-state index contributed by atoms with van der Waals surface area (Å²) < 4.78 is 5.40. The molecule has 1 saturated heterocycles. The number of thioether (sulfide) groups is 1. The van der Waals surface area contributed by atoms with Gasteiger partial charge < -0.3 is 9.64 Å². The normalized spacial score (nSPS) is 17.6. The van der Waals surface area contributed by atoms with Crippen LogP contribution in [-0.4, -0.2) is 43.0 Å². The van der Waals surface area contributed by atoms with E-state index >= 15 is 0 Å². The van der Waals surface area contributed by atoms with E-state index in [9.17, 15) is 9.59 Å². The number of hydrogen-bond donors (Lipinski definition) is 0. The van der Waals surface area contributed by atoms with Crippen molar-refractivity contribution in [1.29, 1.82) is 0 Å². The number of anilines is 1. The van der Waals surface area contributed by atoms with Crippen molar-refractivity contribution in [3.05, 3.63) is 69.2 Å². The van der Waals surface area contributed by atoms with Gasteiger partial charge in [-0.15, -0.1) is 0 Å². The molecular weight excluding hydrogens is 419 g/mol. The van der Waals surface area contributed by atoms with Crippen LogP contribution < -0.4 is 4.90 Å². The fraction of sp³-hybridized carbons (Fsp3) is 0.200. The van der Waals surface area contributed by atoms with E-state index in [0.29, 0.717) is 52.6 Å². The molecule has 2 aromatic rings. The lowest BCUT2D eigenvalue weighted by molar-refractivity contribution is -0.121. The van der Waals surface area contributed by atoms with Gasteiger partial charge in [-0.2, -0.15) is 0 Å². The first-order valence-electron chi connectivity index (χ1n) is 8.69. The second kappa shape index (κ2) is 8.17. The van der Waals surface area contributed by atoms with Crippen LogP contribution in [0.3, 0.4) is 0 Å². The van der Waals surface area contributed by atoms with Gasteiger partial charge >= 0.3 is 0 Å². The van der Waals surface area contributed by atoms with Gasteiger partial charge in [0.1, 0.15) is 10.6 Å². The number of benzene rings is 2. The lowest BCUT2D eigenvalue weighted by atomic mass is 10.3. The summed E-state index contributed by atoms with van der Waals surface area (Å²) in [6, 6.07) is 13.9. The number of carbonyl (C=O) groups excluding carboxylic acids is 2. The van der Waals surface area contributed by atoms with E-state index in [4.69, 9.17) is 27.9 Å². The van der Waals surface area contributed by atoms with Crippen LogP contribution in [0, 0.1) is 0 Å². The third-order valence-electron chi connectivity index (χ3n) is 4.45. The van der Waals surface area contributed by atoms with Crippen molar-refractivity contribution in [2.75, 3.05) is 31.2 Å². The Morgan fingerprint density at radius 1 is 0.893 bits per heavy atom. The molecule has 2 amide bonds. The van der Waals surface area contributed by atoms with Crippen LogP contribution in [0.5, 0.6) is 0 Å². The van der Waals surface area contributed by atoms with Crippen LogP contribution in [0.1, 0.15) is 0 Å². The van der Waals surface area contributed by atoms with E-state index in [2.05, 4.69) is 0 Å². The number of nitrogens with zero attached hydrogens (tertiary/aromatic N) is 2. The second-order valence-corrected chi connectivity index (χ2v) is 8.22. The zero-order valence-corrected chi connectivity index (χ0v) is 17.1. The minimum atomic E-state index is -0.353. The van der Waals surface area contributed by atoms with Crippen molar-refractivity contribution in [3.8, 4) is 0 Å². The largest absolute Gasteiger partial charge is 0.378 e. The number of morpholine rings is 1. The van der Waals surface area contributed by atoms with E-state index in [1.165, 1.54) is 16.7 Å². The van der Waals surface area contributed by atoms with E-state index in [0.717, 1.165) is 4.90 Å². The van der Waals surface area contributed by atoms with Gasteiger partial charge in [-0.25, -0.2) is 4.90 Å². The molecule has 0 N–H and O–H groups in total. The minimum Gasteiger partial charge on any atom is -0.378 e. The predicted molar refractivity (Wildman–Crippen MR) is 111 cm³/mol. The van der Waals surface area contributed by atoms with Gasteiger partial charge in [0.25, 0.3) is 11.8 Å². The lowest BCUT2D eigenvalue weighted by Gasteiger charge is -2.29. The molecule has 0 aliphatic carbocycles. The molecule has 0 saturated carbocycles. The Balaban J connectivity index is 1.74. The molecule has 28 heavy (non-hydrogen) atoms. The topological polar surface area (TPSA) is 49.9 Å². The quantitative estimate of drug-likeness (QED) is 0.674. The third kappa shape index (κ3) is 3.78. The van der Waals surface area contributed by atoms with Crippen molar-refractivity contribution < 1.29 is 14.3 Å². The van der Waals surface area contributed by atoms with Gasteiger partial charge in [-0.1, -0.05) is 41.0 Å². The molecule has 5 nitrogen and oxygen atoms in total. The Morgan fingerprint density at radius 3 is 2.29 bits per heavy atom. The Kier molecular flexibility index (Phi) is 5.64. The zero-order valence-electron chi connectivity index (χ0n) is 14.7. The van der Waals surface area contributed by atoms with Gasteiger partial charge in [0.2, 0.25) is 0 Å². The number of ether oxygens (including phenoxy) is 1. The number of rotatable bonds is 4. The van der Waals surface area contributed by atoms with Gasteiger partial charge in [0, 0.05) is 28.0 Å². The average Bonchev–Trinajstić information content (AvgIpc) is 2.94. The summed E-state index contributed by atoms with van der Waals surface area (Å²) >= 11 is 13.3. The van der Waals surface area contributed by atoms with Crippen molar-refractivity contribution in [1.82, 2.24) is 4.90 Å². The van der Waals surface area contributed by atoms with E-state index in [-0.39, 0.29) is 11.8 Å². The first kappa shape index (κ1) is 19.3. The molecule has 2 aromatic carbocycles. The molecule has 0 spiro atoms. The molecule has 0 atom stereocenters. The minimum absolute atomic E-state index is 0.342. The average molecular weight is 435 g/mol. The predicted octanol–water partition coefficient (Wildman–Crippen LogP) is 4.20. The molecule has 2 aliphatic heterocycles. The first-order chi connectivity index (χ1) is 13.5. The lowest BCUT2D eigenvalue weighted by Crippen LogP contribution is -2.40. The Morgan fingerprint density at radius 2 is 1.61 bits per heavy atom. The highest BCUT2D eigenvalue weighted by molar-refractivity contribution is 8.04. The monoisotopic (exact) mass is 434 g/mol. The van der Waals surface area contributed by atoms with Gasteiger partial charge in [0.05, 0.1) is 18.9 Å². The van der Waals surface area contributed by atoms with Crippen LogP contribution in [0.15, 0.2) is 64.0 Å². The smallest absolute Gasteiger partial charge is 0.283 e. The molecule has 0 unspecified atom stereocenters. The number of hydrogen-bond acceptors (Lipinski definition) is 5. The Bertz CT molecular complexity index is 956. The highest BCUT2D eigenvalue weighted by Gasteiger charge is 2.42. The summed E-state index contributed by atoms with van der Waals surface area (Å²) in [5.41, 5.74) is 0.869. The fourth-order valence-corrected chi connectivity index (χ4v) is 4.44. The van der Waals surface area contributed by atoms with Crippen LogP contribution in [0.25, 0.3) is 0 Å². The second-order valence-electron chi connectivity index (χ2n) is 6.26. The summed E-state index contributed by atoms with van der Waals surface area (Å²) in [7, 11) is 0. The SMILES string of the molecule is O=C1C(Sc2ccc(Cl)cc2)=C(N2CCOCC2)C(=O)N1c1cccc(Cl)c1. The summed E-state index contributed by atoms with van der Waals surface area (Å²) in [5, 5.41) is 1.07. The molecular formula is C20H16Cl2N2O3S.